The number of hydrogen-bond donors (Lipinski definition) is 3. The maximum Gasteiger partial charge on any atom is 0.273 e. The Morgan fingerprint density at radius 1 is 1.58 bits per heavy atom. The fourth-order valence-electron chi connectivity index (χ4n) is 1.80. The summed E-state index contributed by atoms with van der Waals surface area (Å²) in [5.41, 5.74) is 10.8. The third-order valence-corrected chi connectivity index (χ3v) is 3.30. The van der Waals surface area contributed by atoms with Crippen LogP contribution in [0.5, 0.6) is 0 Å². The van der Waals surface area contributed by atoms with Gasteiger partial charge in [0.25, 0.3) is 11.8 Å². The van der Waals surface area contributed by atoms with E-state index in [4.69, 9.17) is 23.1 Å². The molecular weight excluding hydrogens is 278 g/mol. The number of nitrogens with zero attached hydrogens (tertiary/aromatic N) is 1. The Labute approximate surface area is 112 Å². The molecule has 0 saturated carbocycles. The number of carbonyl (C=O) groups excluding carboxylic acids is 1. The quantitative estimate of drug-likeness (QED) is 0.774. The second-order valence-corrected chi connectivity index (χ2v) is 4.65. The molecule has 1 aromatic heterocycles. The van der Waals surface area contributed by atoms with Gasteiger partial charge in [0, 0.05) is 17.7 Å². The minimum Gasteiger partial charge on any atom is -0.398 e. The standard InChI is InChI=1S/C11H11ClF2N4O/c1-4-2-6(15)5(3-11(4,13)14)8-7(12)9(10(16)19)18-17-8/h2H,3,15H2,1H3,(H2,16,19)(H,17,18). The van der Waals surface area contributed by atoms with Gasteiger partial charge >= 0.3 is 0 Å². The van der Waals surface area contributed by atoms with E-state index in [2.05, 4.69) is 10.2 Å². The molecule has 0 fully saturated rings. The first-order valence-electron chi connectivity index (χ1n) is 5.33. The van der Waals surface area contributed by atoms with Crippen LogP contribution in [-0.2, 0) is 0 Å². The summed E-state index contributed by atoms with van der Waals surface area (Å²) >= 11 is 5.90. The fraction of sp³-hybridized carbons (Fsp3) is 0.273. The average Bonchev–Trinajstić information content (AvgIpc) is 2.66. The average molecular weight is 289 g/mol. The molecule has 0 radical (unpaired) electrons. The largest absolute Gasteiger partial charge is 0.398 e. The molecule has 102 valence electrons. The van der Waals surface area contributed by atoms with Crippen molar-refractivity contribution in [3.8, 4) is 0 Å². The Bertz CT molecular complexity index is 618. The number of hydrogen-bond acceptors (Lipinski definition) is 3. The van der Waals surface area contributed by atoms with Crippen molar-refractivity contribution in [2.45, 2.75) is 19.3 Å². The number of primary amides is 1. The van der Waals surface area contributed by atoms with Crippen molar-refractivity contribution in [2.24, 2.45) is 11.5 Å². The molecule has 5 nitrogen and oxygen atoms in total. The van der Waals surface area contributed by atoms with Crippen LogP contribution in [0.4, 0.5) is 8.78 Å². The van der Waals surface area contributed by atoms with Crippen LogP contribution in [-0.4, -0.2) is 22.0 Å². The highest BCUT2D eigenvalue weighted by molar-refractivity contribution is 6.35. The van der Waals surface area contributed by atoms with Crippen LogP contribution in [0.25, 0.3) is 5.57 Å². The molecule has 0 aliphatic heterocycles. The van der Waals surface area contributed by atoms with Crippen molar-refractivity contribution in [2.75, 3.05) is 0 Å². The van der Waals surface area contributed by atoms with E-state index in [0.29, 0.717) is 0 Å². The molecule has 2 rings (SSSR count). The smallest absolute Gasteiger partial charge is 0.273 e. The van der Waals surface area contributed by atoms with Gasteiger partial charge in [0.1, 0.15) is 11.4 Å². The number of nitrogens with two attached hydrogens (primary N) is 2. The van der Waals surface area contributed by atoms with Crippen molar-refractivity contribution < 1.29 is 13.6 Å². The molecule has 8 heteroatoms. The summed E-state index contributed by atoms with van der Waals surface area (Å²) in [4.78, 5) is 11.0. The van der Waals surface area contributed by atoms with E-state index in [9.17, 15) is 13.6 Å². The predicted octanol–water partition coefficient (Wildman–Crippen LogP) is 1.82. The van der Waals surface area contributed by atoms with Crippen molar-refractivity contribution in [1.29, 1.82) is 0 Å². The highest BCUT2D eigenvalue weighted by Gasteiger charge is 2.38. The summed E-state index contributed by atoms with van der Waals surface area (Å²) in [6.45, 7) is 1.30. The Balaban J connectivity index is 2.54. The number of amides is 1. The van der Waals surface area contributed by atoms with Crippen LogP contribution in [0.3, 0.4) is 0 Å². The number of nitrogens with one attached hydrogen (secondary N) is 1. The van der Waals surface area contributed by atoms with E-state index >= 15 is 0 Å². The molecule has 1 heterocycles. The first kappa shape index (κ1) is 13.5. The molecule has 1 aliphatic rings. The number of alkyl halides is 2. The van der Waals surface area contributed by atoms with Crippen molar-refractivity contribution in [3.63, 3.8) is 0 Å². The SMILES string of the molecule is CC1=CC(N)=C(c2n[nH]c(C(N)=O)c2Cl)CC1(F)F. The van der Waals surface area contributed by atoms with E-state index in [1.165, 1.54) is 13.0 Å². The topological polar surface area (TPSA) is 97.8 Å². The lowest BCUT2D eigenvalue weighted by atomic mass is 9.91. The summed E-state index contributed by atoms with van der Waals surface area (Å²) in [6.07, 6.45) is 0.553. The van der Waals surface area contributed by atoms with Crippen LogP contribution >= 0.6 is 11.6 Å². The van der Waals surface area contributed by atoms with Gasteiger partial charge in [-0.25, -0.2) is 8.78 Å². The van der Waals surface area contributed by atoms with Crippen LogP contribution in [0.15, 0.2) is 17.3 Å². The first-order valence-corrected chi connectivity index (χ1v) is 5.71. The highest BCUT2D eigenvalue weighted by atomic mass is 35.5. The van der Waals surface area contributed by atoms with Gasteiger partial charge < -0.3 is 11.5 Å². The van der Waals surface area contributed by atoms with Gasteiger partial charge in [-0.05, 0) is 18.6 Å². The molecule has 0 unspecified atom stereocenters. The van der Waals surface area contributed by atoms with Crippen molar-refractivity contribution in [1.82, 2.24) is 10.2 Å². The van der Waals surface area contributed by atoms with Gasteiger partial charge in [0.05, 0.1) is 5.02 Å². The maximum atomic E-state index is 13.7. The van der Waals surface area contributed by atoms with Gasteiger partial charge in [0.2, 0.25) is 0 Å². The number of aromatic nitrogens is 2. The van der Waals surface area contributed by atoms with Crippen LogP contribution in [0, 0.1) is 0 Å². The third-order valence-electron chi connectivity index (χ3n) is 2.94. The summed E-state index contributed by atoms with van der Waals surface area (Å²) in [5.74, 6) is -3.84. The monoisotopic (exact) mass is 288 g/mol. The van der Waals surface area contributed by atoms with Gasteiger partial charge in [-0.3, -0.25) is 9.89 Å². The van der Waals surface area contributed by atoms with E-state index in [1.807, 2.05) is 0 Å². The number of allylic oxidation sites excluding steroid dienone is 3. The highest BCUT2D eigenvalue weighted by Crippen LogP contribution is 2.41. The minimum absolute atomic E-state index is 0.0244. The second kappa shape index (κ2) is 4.34. The fourth-order valence-corrected chi connectivity index (χ4v) is 2.09. The molecule has 0 atom stereocenters. The number of carbonyl (C=O) groups is 1. The Hall–Kier alpha value is -1.89. The number of H-pyrrole nitrogens is 1. The zero-order chi connectivity index (χ0) is 14.4. The van der Waals surface area contributed by atoms with Crippen LogP contribution in [0.1, 0.15) is 29.5 Å². The van der Waals surface area contributed by atoms with Crippen molar-refractivity contribution >= 4 is 23.1 Å². The van der Waals surface area contributed by atoms with Crippen LogP contribution in [0.2, 0.25) is 5.02 Å². The summed E-state index contributed by atoms with van der Waals surface area (Å²) in [7, 11) is 0. The zero-order valence-electron chi connectivity index (χ0n) is 9.93. The molecular formula is C11H11ClF2N4O. The maximum absolute atomic E-state index is 13.7. The Morgan fingerprint density at radius 3 is 2.74 bits per heavy atom. The molecule has 0 saturated heterocycles. The first-order chi connectivity index (χ1) is 8.74. The lowest BCUT2D eigenvalue weighted by molar-refractivity contribution is 0.0460. The summed E-state index contributed by atoms with van der Waals surface area (Å²) in [6, 6.07) is 0. The van der Waals surface area contributed by atoms with Crippen molar-refractivity contribution in [3.05, 3.63) is 33.8 Å². The normalized spacial score (nSPS) is 18.4. The van der Waals surface area contributed by atoms with E-state index in [-0.39, 0.29) is 33.3 Å². The Kier molecular flexibility index (Phi) is 3.09. The minimum atomic E-state index is -3.02. The molecule has 1 aromatic rings. The molecule has 1 amide bonds. The molecule has 5 N–H and O–H groups in total. The predicted molar refractivity (Wildman–Crippen MR) is 66.5 cm³/mol. The van der Waals surface area contributed by atoms with Crippen LogP contribution < -0.4 is 11.5 Å². The van der Waals surface area contributed by atoms with E-state index < -0.39 is 18.3 Å². The van der Waals surface area contributed by atoms with E-state index in [1.54, 1.807) is 0 Å². The van der Waals surface area contributed by atoms with Gasteiger partial charge in [-0.15, -0.1) is 0 Å². The number of halogens is 3. The lowest BCUT2D eigenvalue weighted by Gasteiger charge is -2.24. The molecule has 0 aromatic carbocycles. The van der Waals surface area contributed by atoms with E-state index in [0.717, 1.165) is 0 Å². The second-order valence-electron chi connectivity index (χ2n) is 4.27. The number of rotatable bonds is 2. The number of aromatic amines is 1. The van der Waals surface area contributed by atoms with Gasteiger partial charge in [-0.1, -0.05) is 11.6 Å². The Morgan fingerprint density at radius 2 is 2.21 bits per heavy atom. The lowest BCUT2D eigenvalue weighted by Crippen LogP contribution is -2.24. The third kappa shape index (κ3) is 2.21. The molecule has 0 spiro atoms. The molecule has 1 aliphatic carbocycles. The zero-order valence-corrected chi connectivity index (χ0v) is 10.7. The summed E-state index contributed by atoms with van der Waals surface area (Å²) in [5, 5.41) is 5.96. The molecule has 0 bridgehead atoms. The molecule has 19 heavy (non-hydrogen) atoms. The van der Waals surface area contributed by atoms with Gasteiger partial charge in [0.15, 0.2) is 0 Å². The van der Waals surface area contributed by atoms with Gasteiger partial charge in [-0.2, -0.15) is 5.10 Å². The summed E-state index contributed by atoms with van der Waals surface area (Å²) < 4.78 is 27.3.